The first-order valence-electron chi connectivity index (χ1n) is 6.62. The molecule has 0 atom stereocenters. The van der Waals surface area contributed by atoms with Gasteiger partial charge in [0, 0.05) is 30.0 Å². The first-order chi connectivity index (χ1) is 9.69. The highest BCUT2D eigenvalue weighted by Crippen LogP contribution is 2.16. The number of halogens is 1. The Kier molecular flexibility index (Phi) is 5.03. The van der Waals surface area contributed by atoms with Crippen molar-refractivity contribution >= 4 is 23.2 Å². The van der Waals surface area contributed by atoms with Gasteiger partial charge in [-0.3, -0.25) is 4.79 Å². The molecule has 0 aromatic heterocycles. The van der Waals surface area contributed by atoms with Crippen molar-refractivity contribution in [3.05, 3.63) is 41.1 Å². The van der Waals surface area contributed by atoms with Gasteiger partial charge in [-0.25, -0.2) is 0 Å². The lowest BCUT2D eigenvalue weighted by Gasteiger charge is -2.25. The van der Waals surface area contributed by atoms with Gasteiger partial charge in [0.25, 0.3) is 5.91 Å². The van der Waals surface area contributed by atoms with Crippen LogP contribution in [-0.4, -0.2) is 23.9 Å². The number of anilines is 1. The molecule has 0 spiro atoms. The molecule has 0 bridgehead atoms. The monoisotopic (exact) mass is 289 g/mol. The van der Waals surface area contributed by atoms with Crippen LogP contribution in [-0.2, 0) is 4.79 Å². The van der Waals surface area contributed by atoms with Gasteiger partial charge in [-0.15, -0.1) is 0 Å². The predicted octanol–water partition coefficient (Wildman–Crippen LogP) is 3.17. The van der Waals surface area contributed by atoms with Crippen molar-refractivity contribution in [2.24, 2.45) is 0 Å². The summed E-state index contributed by atoms with van der Waals surface area (Å²) in [5.74, 6) is -0.402. The highest BCUT2D eigenvalue weighted by atomic mass is 35.5. The van der Waals surface area contributed by atoms with E-state index in [0.717, 1.165) is 25.9 Å². The van der Waals surface area contributed by atoms with Crippen LogP contribution in [0.15, 0.2) is 36.0 Å². The minimum atomic E-state index is -0.402. The lowest BCUT2D eigenvalue weighted by Crippen LogP contribution is -2.26. The quantitative estimate of drug-likeness (QED) is 0.687. The summed E-state index contributed by atoms with van der Waals surface area (Å²) in [6, 6.07) is 8.82. The number of carbonyl (C=O) groups is 1. The third-order valence-electron chi connectivity index (χ3n) is 3.15. The summed E-state index contributed by atoms with van der Waals surface area (Å²) < 4.78 is 0. The molecule has 1 N–H and O–H groups in total. The summed E-state index contributed by atoms with van der Waals surface area (Å²) in [5.41, 5.74) is 0.703. The Bertz CT molecular complexity index is 556. The van der Waals surface area contributed by atoms with Crippen LogP contribution in [0.5, 0.6) is 0 Å². The molecule has 2 rings (SSSR count). The van der Waals surface area contributed by atoms with E-state index in [1.165, 1.54) is 6.42 Å². The Balaban J connectivity index is 2.05. The van der Waals surface area contributed by atoms with Gasteiger partial charge in [-0.2, -0.15) is 5.26 Å². The largest absolute Gasteiger partial charge is 0.376 e. The van der Waals surface area contributed by atoms with Crippen molar-refractivity contribution in [2.45, 2.75) is 19.3 Å². The summed E-state index contributed by atoms with van der Waals surface area (Å²) in [4.78, 5) is 14.1. The molecular weight excluding hydrogens is 274 g/mol. The van der Waals surface area contributed by atoms with Gasteiger partial charge in [0.2, 0.25) is 0 Å². The molecule has 1 aliphatic heterocycles. The lowest BCUT2D eigenvalue weighted by atomic mass is 10.1. The second-order valence-corrected chi connectivity index (χ2v) is 5.15. The third-order valence-corrected chi connectivity index (χ3v) is 3.38. The Hall–Kier alpha value is -1.99. The van der Waals surface area contributed by atoms with Crippen molar-refractivity contribution in [2.75, 3.05) is 18.4 Å². The highest BCUT2D eigenvalue weighted by molar-refractivity contribution is 6.31. The van der Waals surface area contributed by atoms with Crippen LogP contribution in [0.25, 0.3) is 0 Å². The van der Waals surface area contributed by atoms with E-state index in [0.29, 0.717) is 10.7 Å². The number of piperidine rings is 1. The zero-order chi connectivity index (χ0) is 14.4. The van der Waals surface area contributed by atoms with Crippen molar-refractivity contribution in [1.82, 2.24) is 4.90 Å². The number of carbonyl (C=O) groups excluding carboxylic acids is 1. The Morgan fingerprint density at radius 3 is 2.75 bits per heavy atom. The standard InChI is InChI=1S/C15H16ClN3O/c16-13-5-4-6-14(9-13)18-15(20)12(10-17)11-19-7-2-1-3-8-19/h4-6,9,11H,1-3,7-8H2,(H,18,20). The van der Waals surface area contributed by atoms with E-state index < -0.39 is 5.91 Å². The average Bonchev–Trinajstić information content (AvgIpc) is 2.45. The summed E-state index contributed by atoms with van der Waals surface area (Å²) >= 11 is 5.86. The van der Waals surface area contributed by atoms with E-state index in [9.17, 15) is 4.79 Å². The maximum absolute atomic E-state index is 12.1. The number of nitrogens with zero attached hydrogens (tertiary/aromatic N) is 2. The van der Waals surface area contributed by atoms with E-state index in [1.54, 1.807) is 30.5 Å². The predicted molar refractivity (Wildman–Crippen MR) is 79.2 cm³/mol. The van der Waals surface area contributed by atoms with Crippen LogP contribution >= 0.6 is 11.6 Å². The summed E-state index contributed by atoms with van der Waals surface area (Å²) in [6.45, 7) is 1.80. The fourth-order valence-corrected chi connectivity index (χ4v) is 2.32. The molecule has 4 nitrogen and oxygen atoms in total. The van der Waals surface area contributed by atoms with E-state index >= 15 is 0 Å². The van der Waals surface area contributed by atoms with Gasteiger partial charge in [0.1, 0.15) is 11.6 Å². The molecule has 0 saturated carbocycles. The zero-order valence-electron chi connectivity index (χ0n) is 11.1. The Labute approximate surface area is 123 Å². The first kappa shape index (κ1) is 14.4. The minimum absolute atomic E-state index is 0.117. The van der Waals surface area contributed by atoms with Crippen LogP contribution < -0.4 is 5.32 Å². The van der Waals surface area contributed by atoms with Gasteiger partial charge < -0.3 is 10.2 Å². The van der Waals surface area contributed by atoms with Crippen LogP contribution in [0.3, 0.4) is 0 Å². The number of nitriles is 1. The zero-order valence-corrected chi connectivity index (χ0v) is 11.9. The highest BCUT2D eigenvalue weighted by Gasteiger charge is 2.13. The molecule has 20 heavy (non-hydrogen) atoms. The maximum atomic E-state index is 12.1. The molecular formula is C15H16ClN3O. The van der Waals surface area contributed by atoms with Crippen LogP contribution in [0.2, 0.25) is 5.02 Å². The van der Waals surface area contributed by atoms with E-state index in [1.807, 2.05) is 11.0 Å². The van der Waals surface area contributed by atoms with Crippen molar-refractivity contribution in [3.63, 3.8) is 0 Å². The van der Waals surface area contributed by atoms with Crippen molar-refractivity contribution < 1.29 is 4.79 Å². The smallest absolute Gasteiger partial charge is 0.267 e. The molecule has 1 aromatic rings. The van der Waals surface area contributed by atoms with Crippen molar-refractivity contribution in [3.8, 4) is 6.07 Å². The Morgan fingerprint density at radius 1 is 1.35 bits per heavy atom. The normalized spacial score (nSPS) is 15.6. The number of hydrogen-bond donors (Lipinski definition) is 1. The fraction of sp³-hybridized carbons (Fsp3) is 0.333. The number of amides is 1. The maximum Gasteiger partial charge on any atom is 0.267 e. The molecule has 104 valence electrons. The van der Waals surface area contributed by atoms with Gasteiger partial charge in [0.15, 0.2) is 0 Å². The number of nitrogens with one attached hydrogen (secondary N) is 1. The third kappa shape index (κ3) is 4.01. The first-order valence-corrected chi connectivity index (χ1v) is 7.00. The SMILES string of the molecule is N#CC(=CN1CCCCC1)C(=O)Nc1cccc(Cl)c1. The molecule has 1 aliphatic rings. The molecule has 1 saturated heterocycles. The summed E-state index contributed by atoms with van der Waals surface area (Å²) in [5, 5.41) is 12.4. The minimum Gasteiger partial charge on any atom is -0.376 e. The van der Waals surface area contributed by atoms with E-state index in [4.69, 9.17) is 16.9 Å². The summed E-state index contributed by atoms with van der Waals surface area (Å²) in [7, 11) is 0. The molecule has 1 heterocycles. The number of benzene rings is 1. The number of likely N-dealkylation sites (tertiary alicyclic amines) is 1. The second kappa shape index (κ2) is 6.97. The fourth-order valence-electron chi connectivity index (χ4n) is 2.13. The number of rotatable bonds is 3. The van der Waals surface area contributed by atoms with Gasteiger partial charge in [-0.1, -0.05) is 17.7 Å². The van der Waals surface area contributed by atoms with Gasteiger partial charge in [-0.05, 0) is 37.5 Å². The van der Waals surface area contributed by atoms with E-state index in [-0.39, 0.29) is 5.57 Å². The molecule has 1 aromatic carbocycles. The topological polar surface area (TPSA) is 56.1 Å². The van der Waals surface area contributed by atoms with Gasteiger partial charge in [0.05, 0.1) is 0 Å². The number of hydrogen-bond acceptors (Lipinski definition) is 3. The average molecular weight is 290 g/mol. The molecule has 1 amide bonds. The van der Waals surface area contributed by atoms with Gasteiger partial charge >= 0.3 is 0 Å². The van der Waals surface area contributed by atoms with E-state index in [2.05, 4.69) is 5.32 Å². The van der Waals surface area contributed by atoms with Crippen LogP contribution in [0.1, 0.15) is 19.3 Å². The van der Waals surface area contributed by atoms with Crippen LogP contribution in [0.4, 0.5) is 5.69 Å². The second-order valence-electron chi connectivity index (χ2n) is 4.72. The Morgan fingerprint density at radius 2 is 2.10 bits per heavy atom. The molecule has 0 unspecified atom stereocenters. The molecule has 0 aliphatic carbocycles. The lowest BCUT2D eigenvalue weighted by molar-refractivity contribution is -0.112. The summed E-state index contributed by atoms with van der Waals surface area (Å²) in [6.07, 6.45) is 5.07. The van der Waals surface area contributed by atoms with Crippen molar-refractivity contribution in [1.29, 1.82) is 5.26 Å². The molecule has 5 heteroatoms. The molecule has 1 fully saturated rings. The van der Waals surface area contributed by atoms with Crippen LogP contribution in [0, 0.1) is 11.3 Å². The molecule has 0 radical (unpaired) electrons.